The molecule has 4 heteroatoms. The lowest BCUT2D eigenvalue weighted by Crippen LogP contribution is -2.09. The third-order valence-corrected chi connectivity index (χ3v) is 3.87. The zero-order valence-electron chi connectivity index (χ0n) is 15.8. The Balaban J connectivity index is 0.000000399. The summed E-state index contributed by atoms with van der Waals surface area (Å²) >= 11 is 0. The van der Waals surface area contributed by atoms with Crippen LogP contribution in [0.15, 0.2) is 42.5 Å². The molecule has 1 heterocycles. The minimum atomic E-state index is 0.920. The largest absolute Gasteiger partial charge is 0.385 e. The molecular formula is C21H30N4. The predicted octanol–water partition coefficient (Wildman–Crippen LogP) is 4.87. The van der Waals surface area contributed by atoms with E-state index in [-0.39, 0.29) is 0 Å². The summed E-state index contributed by atoms with van der Waals surface area (Å²) in [7, 11) is 0. The first kappa shape index (κ1) is 19.0. The van der Waals surface area contributed by atoms with Gasteiger partial charge in [-0.15, -0.1) is 0 Å². The Morgan fingerprint density at radius 2 is 1.12 bits per heavy atom. The molecule has 0 aliphatic carbocycles. The molecule has 25 heavy (non-hydrogen) atoms. The zero-order chi connectivity index (χ0) is 18.1. The van der Waals surface area contributed by atoms with Crippen LogP contribution in [0.4, 0.5) is 11.4 Å². The van der Waals surface area contributed by atoms with Crippen molar-refractivity contribution in [1.82, 2.24) is 10.3 Å². The maximum atomic E-state index is 4.78. The summed E-state index contributed by atoms with van der Waals surface area (Å²) in [6.45, 7) is 12.4. The van der Waals surface area contributed by atoms with Crippen LogP contribution in [0.25, 0.3) is 21.8 Å². The van der Waals surface area contributed by atoms with Gasteiger partial charge in [0.2, 0.25) is 0 Å². The number of benzene rings is 2. The first-order chi connectivity index (χ1) is 12.2. The van der Waals surface area contributed by atoms with Gasteiger partial charge in [0.1, 0.15) is 0 Å². The molecule has 0 fully saturated rings. The quantitative estimate of drug-likeness (QED) is 0.561. The Labute approximate surface area is 151 Å². The fourth-order valence-electron chi connectivity index (χ4n) is 2.70. The number of pyridine rings is 1. The summed E-state index contributed by atoms with van der Waals surface area (Å²) in [6, 6.07) is 14.9. The van der Waals surface area contributed by atoms with E-state index < -0.39 is 0 Å². The van der Waals surface area contributed by atoms with E-state index in [4.69, 9.17) is 4.98 Å². The molecule has 0 aliphatic heterocycles. The number of aromatic nitrogens is 1. The second-order valence-electron chi connectivity index (χ2n) is 5.82. The van der Waals surface area contributed by atoms with Gasteiger partial charge in [0.05, 0.1) is 11.0 Å². The number of hydrogen-bond donors (Lipinski definition) is 3. The number of nitrogens with zero attached hydrogens (tertiary/aromatic N) is 1. The highest BCUT2D eigenvalue weighted by Crippen LogP contribution is 2.24. The summed E-state index contributed by atoms with van der Waals surface area (Å²) in [5.41, 5.74) is 4.30. The lowest BCUT2D eigenvalue weighted by Gasteiger charge is -2.08. The van der Waals surface area contributed by atoms with E-state index in [1.54, 1.807) is 0 Å². The van der Waals surface area contributed by atoms with Gasteiger partial charge in [-0.2, -0.15) is 0 Å². The van der Waals surface area contributed by atoms with E-state index in [0.717, 1.165) is 48.6 Å². The van der Waals surface area contributed by atoms with Crippen molar-refractivity contribution in [1.29, 1.82) is 0 Å². The Morgan fingerprint density at radius 1 is 0.640 bits per heavy atom. The van der Waals surface area contributed by atoms with E-state index >= 15 is 0 Å². The molecule has 3 N–H and O–H groups in total. The Morgan fingerprint density at radius 3 is 1.48 bits per heavy atom. The second kappa shape index (κ2) is 9.84. The maximum Gasteiger partial charge on any atom is 0.0730 e. The van der Waals surface area contributed by atoms with Crippen molar-refractivity contribution in [3.05, 3.63) is 42.5 Å². The lowest BCUT2D eigenvalue weighted by atomic mass is 10.1. The summed E-state index contributed by atoms with van der Waals surface area (Å²) in [5, 5.41) is 12.1. The fraction of sp³-hybridized carbons (Fsp3) is 0.381. The van der Waals surface area contributed by atoms with Crippen molar-refractivity contribution >= 4 is 33.2 Å². The minimum Gasteiger partial charge on any atom is -0.385 e. The smallest absolute Gasteiger partial charge is 0.0730 e. The van der Waals surface area contributed by atoms with Gasteiger partial charge in [0.15, 0.2) is 0 Å². The van der Waals surface area contributed by atoms with Crippen molar-refractivity contribution < 1.29 is 0 Å². The highest BCUT2D eigenvalue weighted by molar-refractivity contribution is 5.95. The minimum absolute atomic E-state index is 0.920. The molecule has 0 unspecified atom stereocenters. The second-order valence-corrected chi connectivity index (χ2v) is 5.82. The summed E-state index contributed by atoms with van der Waals surface area (Å²) in [4.78, 5) is 4.78. The normalized spacial score (nSPS) is 10.4. The molecule has 0 spiro atoms. The van der Waals surface area contributed by atoms with Gasteiger partial charge in [-0.25, -0.2) is 4.98 Å². The van der Waals surface area contributed by atoms with Crippen LogP contribution in [0, 0.1) is 0 Å². The summed E-state index contributed by atoms with van der Waals surface area (Å²) in [5.74, 6) is 0. The van der Waals surface area contributed by atoms with Gasteiger partial charge in [-0.1, -0.05) is 26.0 Å². The Bertz CT molecular complexity index is 735. The van der Waals surface area contributed by atoms with Crippen LogP contribution in [-0.2, 0) is 0 Å². The highest BCUT2D eigenvalue weighted by Gasteiger charge is 2.02. The molecule has 0 aliphatic rings. The molecule has 0 amide bonds. The van der Waals surface area contributed by atoms with Crippen LogP contribution in [0.3, 0.4) is 0 Å². The molecule has 134 valence electrons. The van der Waals surface area contributed by atoms with Crippen LogP contribution in [0.2, 0.25) is 0 Å². The van der Waals surface area contributed by atoms with E-state index in [1.807, 2.05) is 0 Å². The topological polar surface area (TPSA) is 49.0 Å². The van der Waals surface area contributed by atoms with Gasteiger partial charge in [0, 0.05) is 35.2 Å². The standard InChI is InChI=1S/C17H19N3.C4H11N/c1-3-18-14-7-5-12-9-13-6-8-15(19-4-2)11-17(13)20-16(12)10-14;1-3-5-4-2/h5-11,18-19H,3-4H2,1-2H3;5H,3-4H2,1-2H3. The van der Waals surface area contributed by atoms with Crippen LogP contribution in [0.5, 0.6) is 0 Å². The Hall–Kier alpha value is -2.33. The predicted molar refractivity (Wildman–Crippen MR) is 112 cm³/mol. The number of rotatable bonds is 6. The van der Waals surface area contributed by atoms with E-state index in [9.17, 15) is 0 Å². The van der Waals surface area contributed by atoms with Crippen LogP contribution < -0.4 is 16.0 Å². The van der Waals surface area contributed by atoms with Gasteiger partial charge in [-0.05, 0) is 57.3 Å². The third-order valence-electron chi connectivity index (χ3n) is 3.87. The lowest BCUT2D eigenvalue weighted by molar-refractivity contribution is 0.762. The SMILES string of the molecule is CCNCC.CCNc1ccc2cc3ccc(NCC)cc3nc2c1. The number of nitrogens with one attached hydrogen (secondary N) is 3. The average Bonchev–Trinajstić information content (AvgIpc) is 2.62. The number of fused-ring (bicyclic) bond motifs is 2. The molecule has 3 rings (SSSR count). The van der Waals surface area contributed by atoms with Crippen LogP contribution >= 0.6 is 0 Å². The molecule has 2 aromatic carbocycles. The third kappa shape index (κ3) is 5.33. The highest BCUT2D eigenvalue weighted by atomic mass is 14.9. The van der Waals surface area contributed by atoms with E-state index in [2.05, 4.69) is 86.1 Å². The Kier molecular flexibility index (Phi) is 7.48. The molecule has 0 atom stereocenters. The summed E-state index contributed by atoms with van der Waals surface area (Å²) in [6.07, 6.45) is 0. The monoisotopic (exact) mass is 338 g/mol. The molecule has 0 radical (unpaired) electrons. The van der Waals surface area contributed by atoms with Gasteiger partial charge in [-0.3, -0.25) is 0 Å². The maximum absolute atomic E-state index is 4.78. The van der Waals surface area contributed by atoms with Crippen molar-refractivity contribution in [2.24, 2.45) is 0 Å². The number of hydrogen-bond acceptors (Lipinski definition) is 4. The molecule has 3 aromatic rings. The average molecular weight is 338 g/mol. The van der Waals surface area contributed by atoms with Gasteiger partial charge < -0.3 is 16.0 Å². The van der Waals surface area contributed by atoms with Crippen molar-refractivity contribution in [2.75, 3.05) is 36.8 Å². The van der Waals surface area contributed by atoms with Crippen molar-refractivity contribution in [2.45, 2.75) is 27.7 Å². The van der Waals surface area contributed by atoms with Crippen molar-refractivity contribution in [3.8, 4) is 0 Å². The van der Waals surface area contributed by atoms with Crippen LogP contribution in [0.1, 0.15) is 27.7 Å². The molecular weight excluding hydrogens is 308 g/mol. The summed E-state index contributed by atoms with van der Waals surface area (Å²) < 4.78 is 0. The van der Waals surface area contributed by atoms with Crippen molar-refractivity contribution in [3.63, 3.8) is 0 Å². The first-order valence-electron chi connectivity index (χ1n) is 9.24. The molecule has 1 aromatic heterocycles. The first-order valence-corrected chi connectivity index (χ1v) is 9.24. The zero-order valence-corrected chi connectivity index (χ0v) is 15.8. The molecule has 0 saturated carbocycles. The molecule has 0 bridgehead atoms. The number of anilines is 2. The molecule has 4 nitrogen and oxygen atoms in total. The van der Waals surface area contributed by atoms with E-state index in [1.165, 1.54) is 10.8 Å². The van der Waals surface area contributed by atoms with Gasteiger partial charge >= 0.3 is 0 Å². The molecule has 0 saturated heterocycles. The van der Waals surface area contributed by atoms with E-state index in [0.29, 0.717) is 0 Å². The van der Waals surface area contributed by atoms with Crippen LogP contribution in [-0.4, -0.2) is 31.2 Å². The van der Waals surface area contributed by atoms with Gasteiger partial charge in [0.25, 0.3) is 0 Å². The fourth-order valence-corrected chi connectivity index (χ4v) is 2.70.